The predicted octanol–water partition coefficient (Wildman–Crippen LogP) is 14.3. The molecule has 2 heteroatoms. The molecule has 0 aliphatic carbocycles. The van der Waals surface area contributed by atoms with E-state index < -0.39 is 0 Å². The third-order valence-corrected chi connectivity index (χ3v) is 9.78. The van der Waals surface area contributed by atoms with Crippen molar-refractivity contribution in [2.24, 2.45) is 0 Å². The summed E-state index contributed by atoms with van der Waals surface area (Å²) in [5.74, 6) is 0. The zero-order valence-electron chi connectivity index (χ0n) is 28.7. The molecular weight excluding hydrogens is 629 g/mol. The lowest BCUT2D eigenvalue weighted by Crippen LogP contribution is -2.10. The quantitative estimate of drug-likeness (QED) is 0.149. The number of anilines is 6. The van der Waals surface area contributed by atoms with E-state index in [0.29, 0.717) is 0 Å². The lowest BCUT2D eigenvalue weighted by molar-refractivity contribution is 1.29. The standard InChI is InChI=1S/C50H36N2/c1-2-17-44(18-3-1)52(50-20-10-16-41-13-8-9-19-49(41)50)46-31-25-38(26-32-46)22-21-37-23-29-45(30-24-37)51(47-33-27-39-11-4-6-14-42(39)35-47)48-34-28-40-12-5-7-15-43(40)36-48/h1-36H/b22-21+. The third kappa shape index (κ3) is 6.19. The number of nitrogens with zero attached hydrogens (tertiary/aromatic N) is 2. The van der Waals surface area contributed by atoms with Gasteiger partial charge in [-0.3, -0.25) is 0 Å². The molecular formula is C50H36N2. The number of fused-ring (bicyclic) bond motifs is 3. The summed E-state index contributed by atoms with van der Waals surface area (Å²) in [5.41, 5.74) is 9.07. The van der Waals surface area contributed by atoms with Gasteiger partial charge in [-0.15, -0.1) is 0 Å². The number of rotatable bonds is 8. The number of benzene rings is 9. The molecule has 0 amide bonds. The molecule has 52 heavy (non-hydrogen) atoms. The Hall–Kier alpha value is -6.90. The van der Waals surface area contributed by atoms with Crippen LogP contribution in [0, 0.1) is 0 Å². The Morgan fingerprint density at radius 2 is 0.692 bits per heavy atom. The Bertz CT molecular complexity index is 2590. The summed E-state index contributed by atoms with van der Waals surface area (Å²) < 4.78 is 0. The van der Waals surface area contributed by atoms with Gasteiger partial charge in [-0.25, -0.2) is 0 Å². The van der Waals surface area contributed by atoms with Gasteiger partial charge >= 0.3 is 0 Å². The van der Waals surface area contributed by atoms with Gasteiger partial charge in [-0.05, 0) is 105 Å². The highest BCUT2D eigenvalue weighted by Gasteiger charge is 2.16. The molecule has 0 heterocycles. The summed E-state index contributed by atoms with van der Waals surface area (Å²) in [6, 6.07) is 73.8. The molecule has 0 atom stereocenters. The van der Waals surface area contributed by atoms with Crippen LogP contribution in [0.15, 0.2) is 206 Å². The Morgan fingerprint density at radius 1 is 0.269 bits per heavy atom. The summed E-state index contributed by atoms with van der Waals surface area (Å²) in [7, 11) is 0. The van der Waals surface area contributed by atoms with Gasteiger partial charge in [-0.2, -0.15) is 0 Å². The van der Waals surface area contributed by atoms with Crippen molar-refractivity contribution < 1.29 is 0 Å². The minimum absolute atomic E-state index is 1.11. The molecule has 0 N–H and O–H groups in total. The van der Waals surface area contributed by atoms with E-state index in [1.165, 1.54) is 32.3 Å². The van der Waals surface area contributed by atoms with Crippen molar-refractivity contribution >= 4 is 78.6 Å². The molecule has 0 fully saturated rings. The highest BCUT2D eigenvalue weighted by molar-refractivity contribution is 5.99. The molecule has 2 nitrogen and oxygen atoms in total. The maximum atomic E-state index is 2.35. The molecule has 0 saturated heterocycles. The second-order valence-corrected chi connectivity index (χ2v) is 13.1. The monoisotopic (exact) mass is 664 g/mol. The first-order valence-corrected chi connectivity index (χ1v) is 17.8. The fourth-order valence-electron chi connectivity index (χ4n) is 7.15. The predicted molar refractivity (Wildman–Crippen MR) is 224 cm³/mol. The van der Waals surface area contributed by atoms with Gasteiger partial charge in [-0.1, -0.05) is 152 Å². The fraction of sp³-hybridized carbons (Fsp3) is 0. The maximum absolute atomic E-state index is 2.35. The number of para-hydroxylation sites is 1. The van der Waals surface area contributed by atoms with Crippen LogP contribution in [0.5, 0.6) is 0 Å². The Morgan fingerprint density at radius 3 is 1.27 bits per heavy atom. The third-order valence-electron chi connectivity index (χ3n) is 9.78. The van der Waals surface area contributed by atoms with Crippen molar-refractivity contribution in [1.29, 1.82) is 0 Å². The molecule has 9 aromatic carbocycles. The summed E-state index contributed by atoms with van der Waals surface area (Å²) in [6.07, 6.45) is 4.38. The van der Waals surface area contributed by atoms with Gasteiger partial charge in [0.05, 0.1) is 5.69 Å². The largest absolute Gasteiger partial charge is 0.310 e. The molecule has 0 saturated carbocycles. The van der Waals surface area contributed by atoms with Gasteiger partial charge in [0.25, 0.3) is 0 Å². The van der Waals surface area contributed by atoms with Crippen LogP contribution in [-0.4, -0.2) is 0 Å². The van der Waals surface area contributed by atoms with Crippen LogP contribution in [0.3, 0.4) is 0 Å². The van der Waals surface area contributed by atoms with Crippen molar-refractivity contribution in [1.82, 2.24) is 0 Å². The number of hydrogen-bond donors (Lipinski definition) is 0. The lowest BCUT2D eigenvalue weighted by Gasteiger charge is -2.27. The van der Waals surface area contributed by atoms with Crippen LogP contribution in [-0.2, 0) is 0 Å². The first kappa shape index (κ1) is 31.1. The Balaban J connectivity index is 1.01. The average molecular weight is 665 g/mol. The van der Waals surface area contributed by atoms with E-state index in [2.05, 4.69) is 228 Å². The van der Waals surface area contributed by atoms with Crippen LogP contribution >= 0.6 is 0 Å². The van der Waals surface area contributed by atoms with Crippen molar-refractivity contribution in [3.63, 3.8) is 0 Å². The Labute approximate surface area is 304 Å². The highest BCUT2D eigenvalue weighted by atomic mass is 15.1. The second kappa shape index (κ2) is 13.8. The summed E-state index contributed by atoms with van der Waals surface area (Å²) in [6.45, 7) is 0. The fourth-order valence-corrected chi connectivity index (χ4v) is 7.15. The molecule has 0 aliphatic rings. The minimum Gasteiger partial charge on any atom is -0.310 e. The first-order valence-electron chi connectivity index (χ1n) is 17.8. The SMILES string of the molecule is C(=C\c1ccc(N(c2ccccc2)c2cccc3ccccc23)cc1)/c1ccc(N(c2ccc3ccccc3c2)c2ccc3ccccc3c2)cc1. The van der Waals surface area contributed by atoms with Crippen molar-refractivity contribution in [3.8, 4) is 0 Å². The van der Waals surface area contributed by atoms with E-state index in [4.69, 9.17) is 0 Å². The molecule has 9 aromatic rings. The van der Waals surface area contributed by atoms with Crippen molar-refractivity contribution in [3.05, 3.63) is 217 Å². The molecule has 9 rings (SSSR count). The zero-order valence-corrected chi connectivity index (χ0v) is 28.7. The molecule has 0 unspecified atom stereocenters. The van der Waals surface area contributed by atoms with E-state index in [1.54, 1.807) is 0 Å². The summed E-state index contributed by atoms with van der Waals surface area (Å²) in [4.78, 5) is 4.69. The van der Waals surface area contributed by atoms with Crippen LogP contribution in [0.2, 0.25) is 0 Å². The smallest absolute Gasteiger partial charge is 0.0540 e. The zero-order chi connectivity index (χ0) is 34.7. The first-order chi connectivity index (χ1) is 25.8. The van der Waals surface area contributed by atoms with Crippen molar-refractivity contribution in [2.45, 2.75) is 0 Å². The number of hydrogen-bond acceptors (Lipinski definition) is 2. The molecule has 246 valence electrons. The van der Waals surface area contributed by atoms with Gasteiger partial charge in [0, 0.05) is 33.8 Å². The van der Waals surface area contributed by atoms with Gasteiger partial charge in [0.2, 0.25) is 0 Å². The lowest BCUT2D eigenvalue weighted by atomic mass is 10.1. The van der Waals surface area contributed by atoms with E-state index in [9.17, 15) is 0 Å². The van der Waals surface area contributed by atoms with Crippen LogP contribution in [0.1, 0.15) is 11.1 Å². The van der Waals surface area contributed by atoms with Crippen LogP contribution in [0.4, 0.5) is 34.1 Å². The van der Waals surface area contributed by atoms with E-state index in [-0.39, 0.29) is 0 Å². The molecule has 0 spiro atoms. The van der Waals surface area contributed by atoms with Gasteiger partial charge in [0.15, 0.2) is 0 Å². The highest BCUT2D eigenvalue weighted by Crippen LogP contribution is 2.40. The topological polar surface area (TPSA) is 6.48 Å². The van der Waals surface area contributed by atoms with E-state index in [1.807, 2.05) is 0 Å². The van der Waals surface area contributed by atoms with Gasteiger partial charge < -0.3 is 9.80 Å². The van der Waals surface area contributed by atoms with Crippen molar-refractivity contribution in [2.75, 3.05) is 9.80 Å². The second-order valence-electron chi connectivity index (χ2n) is 13.1. The van der Waals surface area contributed by atoms with Crippen LogP contribution < -0.4 is 9.80 Å². The molecule has 0 radical (unpaired) electrons. The minimum atomic E-state index is 1.11. The summed E-state index contributed by atoms with van der Waals surface area (Å²) in [5, 5.41) is 7.37. The van der Waals surface area contributed by atoms with E-state index in [0.717, 1.165) is 45.3 Å². The summed E-state index contributed by atoms with van der Waals surface area (Å²) >= 11 is 0. The van der Waals surface area contributed by atoms with E-state index >= 15 is 0 Å². The molecule has 0 bridgehead atoms. The normalized spacial score (nSPS) is 11.4. The average Bonchev–Trinajstić information content (AvgIpc) is 3.22. The van der Waals surface area contributed by atoms with Crippen LogP contribution in [0.25, 0.3) is 44.5 Å². The maximum Gasteiger partial charge on any atom is 0.0540 e. The molecule has 0 aliphatic heterocycles. The van der Waals surface area contributed by atoms with Gasteiger partial charge in [0.1, 0.15) is 0 Å². The molecule has 0 aromatic heterocycles. The Kier molecular flexibility index (Phi) is 8.24.